The summed E-state index contributed by atoms with van der Waals surface area (Å²) in [6, 6.07) is 12.3. The first-order chi connectivity index (χ1) is 10.6. The van der Waals surface area contributed by atoms with E-state index in [0.717, 1.165) is 11.3 Å². The average Bonchev–Trinajstić information content (AvgIpc) is 2.49. The van der Waals surface area contributed by atoms with Gasteiger partial charge in [0.05, 0.1) is 6.61 Å². The van der Waals surface area contributed by atoms with Crippen molar-refractivity contribution in [1.29, 1.82) is 0 Å². The van der Waals surface area contributed by atoms with Gasteiger partial charge in [-0.25, -0.2) is 0 Å². The molecule has 0 saturated carbocycles. The minimum Gasteiger partial charge on any atom is -0.494 e. The van der Waals surface area contributed by atoms with Crippen LogP contribution in [-0.4, -0.2) is 12.5 Å². The second-order valence-corrected chi connectivity index (χ2v) is 5.29. The molecule has 22 heavy (non-hydrogen) atoms. The molecule has 5 heteroatoms. The molecule has 114 valence electrons. The molecule has 2 rings (SSSR count). The molecule has 2 aromatic carbocycles. The smallest absolute Gasteiger partial charge is 0.248 e. The van der Waals surface area contributed by atoms with Crippen molar-refractivity contribution in [2.45, 2.75) is 6.92 Å². The molecule has 3 nitrogen and oxygen atoms in total. The predicted molar refractivity (Wildman–Crippen MR) is 91.7 cm³/mol. The van der Waals surface area contributed by atoms with Gasteiger partial charge in [-0.3, -0.25) is 4.79 Å². The molecule has 0 atom stereocenters. The molecular weight excluding hydrogens is 321 g/mol. The molecule has 0 aliphatic heterocycles. The fourth-order valence-corrected chi connectivity index (χ4v) is 2.26. The number of benzene rings is 2. The van der Waals surface area contributed by atoms with Crippen LogP contribution >= 0.6 is 23.2 Å². The summed E-state index contributed by atoms with van der Waals surface area (Å²) in [6.45, 7) is 2.53. The van der Waals surface area contributed by atoms with Gasteiger partial charge >= 0.3 is 0 Å². The van der Waals surface area contributed by atoms with E-state index in [1.807, 2.05) is 6.92 Å². The van der Waals surface area contributed by atoms with Gasteiger partial charge in [0.2, 0.25) is 5.91 Å². The first-order valence-corrected chi connectivity index (χ1v) is 7.51. The lowest BCUT2D eigenvalue weighted by atomic mass is 10.2. The Hall–Kier alpha value is -1.97. The molecule has 0 radical (unpaired) electrons. The summed E-state index contributed by atoms with van der Waals surface area (Å²) >= 11 is 11.9. The summed E-state index contributed by atoms with van der Waals surface area (Å²) < 4.78 is 5.34. The van der Waals surface area contributed by atoms with Gasteiger partial charge in [0.15, 0.2) is 0 Å². The molecule has 0 fully saturated rings. The maximum absolute atomic E-state index is 11.9. The molecular formula is C17H15Cl2NO2. The number of rotatable bonds is 5. The zero-order valence-corrected chi connectivity index (χ0v) is 13.5. The lowest BCUT2D eigenvalue weighted by molar-refractivity contribution is -0.111. The molecule has 0 saturated heterocycles. The molecule has 0 aromatic heterocycles. The van der Waals surface area contributed by atoms with E-state index in [1.54, 1.807) is 48.5 Å². The lowest BCUT2D eigenvalue weighted by Crippen LogP contribution is -2.07. The minimum atomic E-state index is -0.241. The Morgan fingerprint density at radius 2 is 1.91 bits per heavy atom. The van der Waals surface area contributed by atoms with Crippen LogP contribution in [0.5, 0.6) is 5.75 Å². The van der Waals surface area contributed by atoms with Crippen LogP contribution in [0.1, 0.15) is 12.5 Å². The van der Waals surface area contributed by atoms with Gasteiger partial charge in [-0.1, -0.05) is 29.3 Å². The highest BCUT2D eigenvalue weighted by Crippen LogP contribution is 2.22. The van der Waals surface area contributed by atoms with E-state index in [0.29, 0.717) is 22.3 Å². The number of hydrogen-bond donors (Lipinski definition) is 1. The number of carbonyl (C=O) groups is 1. The second-order valence-electron chi connectivity index (χ2n) is 4.45. The van der Waals surface area contributed by atoms with Gasteiger partial charge in [-0.15, -0.1) is 0 Å². The minimum absolute atomic E-state index is 0.241. The zero-order chi connectivity index (χ0) is 15.9. The van der Waals surface area contributed by atoms with E-state index in [9.17, 15) is 4.79 Å². The molecule has 2 aromatic rings. The van der Waals surface area contributed by atoms with Crippen molar-refractivity contribution in [3.05, 3.63) is 64.1 Å². The van der Waals surface area contributed by atoms with Crippen molar-refractivity contribution in [3.63, 3.8) is 0 Å². The summed E-state index contributed by atoms with van der Waals surface area (Å²) in [7, 11) is 0. The van der Waals surface area contributed by atoms with Gasteiger partial charge < -0.3 is 10.1 Å². The number of halogens is 2. The summed E-state index contributed by atoms with van der Waals surface area (Å²) in [5.74, 6) is 0.527. The summed E-state index contributed by atoms with van der Waals surface area (Å²) in [6.07, 6.45) is 3.06. The SMILES string of the molecule is CCOc1ccc(NC(=O)/C=C/c2ccc(Cl)cc2Cl)cc1. The van der Waals surface area contributed by atoms with E-state index < -0.39 is 0 Å². The van der Waals surface area contributed by atoms with Crippen LogP contribution in [0.15, 0.2) is 48.5 Å². The molecule has 0 spiro atoms. The molecule has 0 bridgehead atoms. The third-order valence-corrected chi connectivity index (χ3v) is 3.37. The standard InChI is InChI=1S/C17H15Cl2NO2/c1-2-22-15-8-6-14(7-9-15)20-17(21)10-4-12-3-5-13(18)11-16(12)19/h3-11H,2H2,1H3,(H,20,21)/b10-4+. The lowest BCUT2D eigenvalue weighted by Gasteiger charge is -2.05. The largest absolute Gasteiger partial charge is 0.494 e. The van der Waals surface area contributed by atoms with E-state index >= 15 is 0 Å². The summed E-state index contributed by atoms with van der Waals surface area (Å²) in [5, 5.41) is 3.82. The Morgan fingerprint density at radius 1 is 1.18 bits per heavy atom. The maximum atomic E-state index is 11.9. The van der Waals surface area contributed by atoms with E-state index in [1.165, 1.54) is 6.08 Å². The van der Waals surface area contributed by atoms with Gasteiger partial charge in [0, 0.05) is 21.8 Å². The van der Waals surface area contributed by atoms with Crippen LogP contribution in [0, 0.1) is 0 Å². The predicted octanol–water partition coefficient (Wildman–Crippen LogP) is 5.04. The van der Waals surface area contributed by atoms with Crippen molar-refractivity contribution in [1.82, 2.24) is 0 Å². The van der Waals surface area contributed by atoms with Crippen molar-refractivity contribution in [2.75, 3.05) is 11.9 Å². The molecule has 1 N–H and O–H groups in total. The fourth-order valence-electron chi connectivity index (χ4n) is 1.79. The average molecular weight is 336 g/mol. The summed E-state index contributed by atoms with van der Waals surface area (Å²) in [4.78, 5) is 11.9. The van der Waals surface area contributed by atoms with Gasteiger partial charge in [0.1, 0.15) is 5.75 Å². The van der Waals surface area contributed by atoms with Crippen molar-refractivity contribution in [2.24, 2.45) is 0 Å². The van der Waals surface area contributed by atoms with E-state index in [-0.39, 0.29) is 5.91 Å². The molecule has 0 aliphatic carbocycles. The Balaban J connectivity index is 1.98. The molecule has 0 unspecified atom stereocenters. The van der Waals surface area contributed by atoms with Crippen LogP contribution in [0.25, 0.3) is 6.08 Å². The Bertz CT molecular complexity index is 682. The number of anilines is 1. The van der Waals surface area contributed by atoms with Crippen LogP contribution in [0.4, 0.5) is 5.69 Å². The van der Waals surface area contributed by atoms with Crippen LogP contribution in [0.3, 0.4) is 0 Å². The molecule has 0 aliphatic rings. The third kappa shape index (κ3) is 4.79. The number of carbonyl (C=O) groups excluding carboxylic acids is 1. The number of hydrogen-bond acceptors (Lipinski definition) is 2. The Labute approximate surface area is 139 Å². The molecule has 1 amide bonds. The first-order valence-electron chi connectivity index (χ1n) is 6.75. The van der Waals surface area contributed by atoms with Crippen molar-refractivity contribution >= 4 is 40.9 Å². The highest BCUT2D eigenvalue weighted by atomic mass is 35.5. The van der Waals surface area contributed by atoms with Gasteiger partial charge in [-0.2, -0.15) is 0 Å². The highest BCUT2D eigenvalue weighted by molar-refractivity contribution is 6.35. The Morgan fingerprint density at radius 3 is 2.55 bits per heavy atom. The first kappa shape index (κ1) is 16.4. The zero-order valence-electron chi connectivity index (χ0n) is 12.0. The number of nitrogens with one attached hydrogen (secondary N) is 1. The summed E-state index contributed by atoms with van der Waals surface area (Å²) in [5.41, 5.74) is 1.42. The van der Waals surface area contributed by atoms with Crippen molar-refractivity contribution < 1.29 is 9.53 Å². The van der Waals surface area contributed by atoms with Gasteiger partial charge in [0.25, 0.3) is 0 Å². The maximum Gasteiger partial charge on any atom is 0.248 e. The third-order valence-electron chi connectivity index (χ3n) is 2.81. The van der Waals surface area contributed by atoms with E-state index in [4.69, 9.17) is 27.9 Å². The highest BCUT2D eigenvalue weighted by Gasteiger charge is 2.01. The van der Waals surface area contributed by atoms with E-state index in [2.05, 4.69) is 5.32 Å². The monoisotopic (exact) mass is 335 g/mol. The molecule has 0 heterocycles. The Kier molecular flexibility index (Phi) is 5.87. The number of ether oxygens (including phenoxy) is 1. The van der Waals surface area contributed by atoms with Gasteiger partial charge in [-0.05, 0) is 55.0 Å². The number of amides is 1. The normalized spacial score (nSPS) is 10.7. The quantitative estimate of drug-likeness (QED) is 0.777. The van der Waals surface area contributed by atoms with Crippen LogP contribution < -0.4 is 10.1 Å². The van der Waals surface area contributed by atoms with Crippen LogP contribution in [-0.2, 0) is 4.79 Å². The topological polar surface area (TPSA) is 38.3 Å². The fraction of sp³-hybridized carbons (Fsp3) is 0.118. The van der Waals surface area contributed by atoms with Crippen LogP contribution in [0.2, 0.25) is 10.0 Å². The second kappa shape index (κ2) is 7.87. The van der Waals surface area contributed by atoms with Crippen molar-refractivity contribution in [3.8, 4) is 5.75 Å².